The van der Waals surface area contributed by atoms with Gasteiger partial charge in [-0.15, -0.1) is 0 Å². The highest BCUT2D eigenvalue weighted by atomic mass is 35.5. The molecule has 0 saturated heterocycles. The fraction of sp³-hybridized carbons (Fsp3) is 0.182. The van der Waals surface area contributed by atoms with Gasteiger partial charge in [0.25, 0.3) is 0 Å². The molecule has 0 spiro atoms. The van der Waals surface area contributed by atoms with Crippen molar-refractivity contribution >= 4 is 23.2 Å². The molecule has 16 heavy (non-hydrogen) atoms. The molecule has 2 N–H and O–H groups in total. The molecule has 2 rings (SSSR count). The SMILES string of the molecule is CC(N)c1cncn1-c1ccc(Cl)cc1Cl. The number of benzene rings is 1. The van der Waals surface area contributed by atoms with E-state index in [1.807, 2.05) is 17.6 Å². The molecule has 0 radical (unpaired) electrons. The predicted molar refractivity (Wildman–Crippen MR) is 66.2 cm³/mol. The van der Waals surface area contributed by atoms with Crippen molar-refractivity contribution in [3.8, 4) is 5.69 Å². The summed E-state index contributed by atoms with van der Waals surface area (Å²) in [5.74, 6) is 0. The van der Waals surface area contributed by atoms with Gasteiger partial charge >= 0.3 is 0 Å². The number of hydrogen-bond acceptors (Lipinski definition) is 2. The van der Waals surface area contributed by atoms with E-state index in [4.69, 9.17) is 28.9 Å². The third-order valence-electron chi connectivity index (χ3n) is 2.30. The molecular weight excluding hydrogens is 245 g/mol. The third kappa shape index (κ3) is 2.07. The summed E-state index contributed by atoms with van der Waals surface area (Å²) in [4.78, 5) is 4.07. The Kier molecular flexibility index (Phi) is 3.19. The standard InChI is InChI=1S/C11H11Cl2N3/c1-7(14)11-5-15-6-16(11)10-3-2-8(12)4-9(10)13/h2-7H,14H2,1H3. The molecule has 1 heterocycles. The topological polar surface area (TPSA) is 43.8 Å². The van der Waals surface area contributed by atoms with E-state index in [9.17, 15) is 0 Å². The molecule has 0 fully saturated rings. The number of hydrogen-bond donors (Lipinski definition) is 1. The van der Waals surface area contributed by atoms with E-state index in [0.29, 0.717) is 10.0 Å². The van der Waals surface area contributed by atoms with Crippen LogP contribution in [0.2, 0.25) is 10.0 Å². The van der Waals surface area contributed by atoms with Gasteiger partial charge in [0.15, 0.2) is 0 Å². The van der Waals surface area contributed by atoms with Crippen LogP contribution >= 0.6 is 23.2 Å². The van der Waals surface area contributed by atoms with Gasteiger partial charge in [-0.3, -0.25) is 0 Å². The fourth-order valence-corrected chi connectivity index (χ4v) is 2.02. The Balaban J connectivity index is 2.54. The van der Waals surface area contributed by atoms with E-state index in [0.717, 1.165) is 11.4 Å². The average Bonchev–Trinajstić information content (AvgIpc) is 2.66. The Bertz CT molecular complexity index is 506. The quantitative estimate of drug-likeness (QED) is 0.896. The zero-order valence-electron chi connectivity index (χ0n) is 8.69. The normalized spacial score (nSPS) is 12.8. The number of halogens is 2. The van der Waals surface area contributed by atoms with Gasteiger partial charge in [-0.05, 0) is 25.1 Å². The average molecular weight is 256 g/mol. The number of nitrogens with two attached hydrogens (primary N) is 1. The van der Waals surface area contributed by atoms with E-state index < -0.39 is 0 Å². The zero-order valence-corrected chi connectivity index (χ0v) is 10.2. The second-order valence-corrected chi connectivity index (χ2v) is 4.42. The minimum atomic E-state index is -0.103. The van der Waals surface area contributed by atoms with Crippen molar-refractivity contribution in [2.24, 2.45) is 5.73 Å². The third-order valence-corrected chi connectivity index (χ3v) is 2.84. The second-order valence-electron chi connectivity index (χ2n) is 3.57. The highest BCUT2D eigenvalue weighted by Crippen LogP contribution is 2.26. The molecule has 84 valence electrons. The summed E-state index contributed by atoms with van der Waals surface area (Å²) in [5.41, 5.74) is 7.58. The van der Waals surface area contributed by atoms with Gasteiger partial charge in [0.2, 0.25) is 0 Å². The first kappa shape index (κ1) is 11.5. The first-order valence-electron chi connectivity index (χ1n) is 4.83. The summed E-state index contributed by atoms with van der Waals surface area (Å²) < 4.78 is 1.86. The molecule has 3 nitrogen and oxygen atoms in total. The van der Waals surface area contributed by atoms with Gasteiger partial charge in [-0.1, -0.05) is 23.2 Å². The predicted octanol–water partition coefficient (Wildman–Crippen LogP) is 3.20. The van der Waals surface area contributed by atoms with Crippen molar-refractivity contribution < 1.29 is 0 Å². The van der Waals surface area contributed by atoms with Crippen molar-refractivity contribution in [2.75, 3.05) is 0 Å². The number of rotatable bonds is 2. The van der Waals surface area contributed by atoms with Crippen molar-refractivity contribution in [1.82, 2.24) is 9.55 Å². The van der Waals surface area contributed by atoms with Crippen LogP contribution in [0.25, 0.3) is 5.69 Å². The van der Waals surface area contributed by atoms with E-state index in [2.05, 4.69) is 4.98 Å². The molecule has 0 saturated carbocycles. The van der Waals surface area contributed by atoms with E-state index in [1.54, 1.807) is 24.7 Å². The smallest absolute Gasteiger partial charge is 0.0995 e. The Morgan fingerprint density at radius 1 is 1.38 bits per heavy atom. The fourth-order valence-electron chi connectivity index (χ4n) is 1.52. The number of nitrogens with zero attached hydrogens (tertiary/aromatic N) is 2. The Labute approximate surface area is 104 Å². The van der Waals surface area contributed by atoms with Crippen LogP contribution in [0.3, 0.4) is 0 Å². The lowest BCUT2D eigenvalue weighted by molar-refractivity contribution is 0.752. The molecule has 2 aromatic rings. The largest absolute Gasteiger partial charge is 0.323 e. The summed E-state index contributed by atoms with van der Waals surface area (Å²) in [6, 6.07) is 5.23. The van der Waals surface area contributed by atoms with Crippen LogP contribution in [0.4, 0.5) is 0 Å². The summed E-state index contributed by atoms with van der Waals surface area (Å²) in [6.07, 6.45) is 3.42. The Morgan fingerprint density at radius 3 is 2.75 bits per heavy atom. The first-order chi connectivity index (χ1) is 7.59. The molecule has 0 bridgehead atoms. The molecular formula is C11H11Cl2N3. The minimum Gasteiger partial charge on any atom is -0.323 e. The maximum Gasteiger partial charge on any atom is 0.0995 e. The first-order valence-corrected chi connectivity index (χ1v) is 5.58. The van der Waals surface area contributed by atoms with Gasteiger partial charge < -0.3 is 10.3 Å². The molecule has 1 unspecified atom stereocenters. The summed E-state index contributed by atoms with van der Waals surface area (Å²) >= 11 is 12.0. The van der Waals surface area contributed by atoms with E-state index in [1.165, 1.54) is 0 Å². The lowest BCUT2D eigenvalue weighted by Crippen LogP contribution is -2.10. The van der Waals surface area contributed by atoms with Crippen LogP contribution in [-0.2, 0) is 0 Å². The van der Waals surface area contributed by atoms with Gasteiger partial charge in [-0.25, -0.2) is 4.98 Å². The van der Waals surface area contributed by atoms with Gasteiger partial charge in [-0.2, -0.15) is 0 Å². The Morgan fingerprint density at radius 2 is 2.12 bits per heavy atom. The second kappa shape index (κ2) is 4.45. The summed E-state index contributed by atoms with van der Waals surface area (Å²) in [5, 5.41) is 1.18. The minimum absolute atomic E-state index is 0.103. The lowest BCUT2D eigenvalue weighted by atomic mass is 10.2. The number of imidazole rings is 1. The number of aromatic nitrogens is 2. The molecule has 1 aromatic heterocycles. The molecule has 1 atom stereocenters. The molecule has 0 aliphatic carbocycles. The lowest BCUT2D eigenvalue weighted by Gasteiger charge is -2.12. The van der Waals surface area contributed by atoms with E-state index >= 15 is 0 Å². The molecule has 1 aromatic carbocycles. The van der Waals surface area contributed by atoms with Gasteiger partial charge in [0.1, 0.15) is 0 Å². The molecule has 5 heteroatoms. The van der Waals surface area contributed by atoms with Crippen LogP contribution in [-0.4, -0.2) is 9.55 Å². The Hall–Kier alpha value is -1.03. The van der Waals surface area contributed by atoms with Crippen LogP contribution < -0.4 is 5.73 Å². The van der Waals surface area contributed by atoms with E-state index in [-0.39, 0.29) is 6.04 Å². The molecule has 0 aliphatic heterocycles. The van der Waals surface area contributed by atoms with Crippen molar-refractivity contribution in [1.29, 1.82) is 0 Å². The maximum absolute atomic E-state index is 6.12. The maximum atomic E-state index is 6.12. The monoisotopic (exact) mass is 255 g/mol. The van der Waals surface area contributed by atoms with Crippen LogP contribution in [0.5, 0.6) is 0 Å². The van der Waals surface area contributed by atoms with Crippen LogP contribution in [0.1, 0.15) is 18.7 Å². The molecule has 0 aliphatic rings. The van der Waals surface area contributed by atoms with Gasteiger partial charge in [0, 0.05) is 11.1 Å². The van der Waals surface area contributed by atoms with Crippen molar-refractivity contribution in [3.05, 3.63) is 46.5 Å². The van der Waals surface area contributed by atoms with Gasteiger partial charge in [0.05, 0.1) is 28.9 Å². The highest BCUT2D eigenvalue weighted by molar-refractivity contribution is 6.35. The van der Waals surface area contributed by atoms with Crippen molar-refractivity contribution in [3.63, 3.8) is 0 Å². The summed E-state index contributed by atoms with van der Waals surface area (Å²) in [6.45, 7) is 1.90. The molecule has 0 amide bonds. The summed E-state index contributed by atoms with van der Waals surface area (Å²) in [7, 11) is 0. The van der Waals surface area contributed by atoms with Crippen LogP contribution in [0.15, 0.2) is 30.7 Å². The van der Waals surface area contributed by atoms with Crippen LogP contribution in [0, 0.1) is 0 Å². The zero-order chi connectivity index (χ0) is 11.7. The van der Waals surface area contributed by atoms with Crippen molar-refractivity contribution in [2.45, 2.75) is 13.0 Å². The highest BCUT2D eigenvalue weighted by Gasteiger charge is 2.10.